The lowest BCUT2D eigenvalue weighted by Crippen LogP contribution is -2.30. The van der Waals surface area contributed by atoms with Crippen LogP contribution in [0.5, 0.6) is 5.75 Å². The third kappa shape index (κ3) is 2.96. The maximum atomic E-state index is 6.60. The number of rotatable bonds is 3. The van der Waals surface area contributed by atoms with Gasteiger partial charge < -0.3 is 4.74 Å². The zero-order valence-corrected chi connectivity index (χ0v) is 15.5. The Kier molecular flexibility index (Phi) is 4.50. The molecule has 1 atom stereocenters. The number of hydrogen-bond acceptors (Lipinski definition) is 1. The molecule has 1 aromatic rings. The van der Waals surface area contributed by atoms with E-state index < -0.39 is 0 Å². The quantitative estimate of drug-likeness (QED) is 0.658. The third-order valence-corrected chi connectivity index (χ3v) is 4.89. The summed E-state index contributed by atoms with van der Waals surface area (Å²) >= 11 is 6.60. The molecule has 0 aliphatic heterocycles. The largest absolute Gasteiger partial charge is 0.496 e. The molecule has 1 aliphatic carbocycles. The second-order valence-corrected chi connectivity index (χ2v) is 8.17. The summed E-state index contributed by atoms with van der Waals surface area (Å²) in [7, 11) is 1.74. The van der Waals surface area contributed by atoms with Crippen LogP contribution >= 0.6 is 11.6 Å². The van der Waals surface area contributed by atoms with Crippen LogP contribution in [0.3, 0.4) is 0 Å². The van der Waals surface area contributed by atoms with E-state index in [1.807, 2.05) is 12.1 Å². The van der Waals surface area contributed by atoms with Crippen LogP contribution < -0.4 is 4.74 Å². The fraction of sp³-hybridized carbons (Fsp3) is 0.500. The maximum Gasteiger partial charge on any atom is 0.123 e. The molecule has 0 fully saturated rings. The average Bonchev–Trinajstić information content (AvgIpc) is 2.84. The molecule has 0 spiro atoms. The number of allylic oxidation sites excluding steroid dienone is 4. The molecule has 2 rings (SSSR count). The van der Waals surface area contributed by atoms with E-state index in [1.54, 1.807) is 7.11 Å². The molecule has 1 aliphatic rings. The number of methoxy groups -OCH3 is 1. The topological polar surface area (TPSA) is 9.23 Å². The molecule has 0 N–H and O–H groups in total. The summed E-state index contributed by atoms with van der Waals surface area (Å²) in [5.74, 6) is 1.27. The Morgan fingerprint density at radius 3 is 2.14 bits per heavy atom. The summed E-state index contributed by atoms with van der Waals surface area (Å²) in [6.45, 7) is 13.3. The summed E-state index contributed by atoms with van der Waals surface area (Å²) in [6.07, 6.45) is 6.80. The van der Waals surface area contributed by atoms with Crippen LogP contribution in [0.1, 0.15) is 52.7 Å². The first-order valence-corrected chi connectivity index (χ1v) is 8.21. The Labute approximate surface area is 140 Å². The van der Waals surface area contributed by atoms with Crippen molar-refractivity contribution in [3.63, 3.8) is 0 Å². The molecule has 0 bridgehead atoms. The van der Waals surface area contributed by atoms with Gasteiger partial charge in [0.2, 0.25) is 0 Å². The van der Waals surface area contributed by atoms with E-state index in [4.69, 9.17) is 16.3 Å². The highest BCUT2D eigenvalue weighted by molar-refractivity contribution is 6.31. The number of ether oxygens (including phenoxy) is 1. The number of benzene rings is 1. The van der Waals surface area contributed by atoms with Gasteiger partial charge in [-0.05, 0) is 30.0 Å². The molecular weight excluding hydrogens is 292 g/mol. The summed E-state index contributed by atoms with van der Waals surface area (Å²) in [6, 6.07) is 3.94. The van der Waals surface area contributed by atoms with Crippen molar-refractivity contribution in [2.45, 2.75) is 52.4 Å². The van der Waals surface area contributed by atoms with Crippen LogP contribution in [0.25, 0.3) is 0 Å². The highest BCUT2D eigenvalue weighted by Gasteiger charge is 2.37. The van der Waals surface area contributed by atoms with E-state index in [2.05, 4.69) is 59.8 Å². The highest BCUT2D eigenvalue weighted by atomic mass is 35.5. The average molecular weight is 319 g/mol. The molecule has 0 amide bonds. The van der Waals surface area contributed by atoms with E-state index in [1.165, 1.54) is 16.7 Å². The van der Waals surface area contributed by atoms with Crippen molar-refractivity contribution in [2.75, 3.05) is 7.11 Å². The Morgan fingerprint density at radius 2 is 1.68 bits per heavy atom. The molecule has 120 valence electrons. The number of halogens is 1. The smallest absolute Gasteiger partial charge is 0.123 e. The van der Waals surface area contributed by atoms with Gasteiger partial charge in [0.25, 0.3) is 0 Å². The van der Waals surface area contributed by atoms with Crippen LogP contribution in [0.4, 0.5) is 0 Å². The summed E-state index contributed by atoms with van der Waals surface area (Å²) in [5.41, 5.74) is 3.59. The van der Waals surface area contributed by atoms with Gasteiger partial charge in [-0.3, -0.25) is 0 Å². The van der Waals surface area contributed by atoms with Crippen molar-refractivity contribution >= 4 is 11.6 Å². The molecule has 0 saturated heterocycles. The maximum absolute atomic E-state index is 6.60. The first kappa shape index (κ1) is 17.1. The van der Waals surface area contributed by atoms with Gasteiger partial charge in [-0.2, -0.15) is 0 Å². The van der Waals surface area contributed by atoms with Crippen LogP contribution in [0.2, 0.25) is 5.02 Å². The van der Waals surface area contributed by atoms with Crippen molar-refractivity contribution in [3.8, 4) is 5.75 Å². The molecule has 0 saturated carbocycles. The number of hydrogen-bond donors (Lipinski definition) is 0. The van der Waals surface area contributed by atoms with Crippen molar-refractivity contribution in [3.05, 3.63) is 52.1 Å². The van der Waals surface area contributed by atoms with Crippen molar-refractivity contribution in [1.29, 1.82) is 0 Å². The van der Waals surface area contributed by atoms with E-state index in [0.29, 0.717) is 5.92 Å². The molecule has 0 radical (unpaired) electrons. The molecule has 0 heterocycles. The Bertz CT molecular complexity index is 630. The third-order valence-electron chi connectivity index (χ3n) is 4.57. The van der Waals surface area contributed by atoms with E-state index >= 15 is 0 Å². The molecular formula is C20H27ClO. The first-order chi connectivity index (χ1) is 10.1. The standard InChI is InChI=1S/C20H27ClO/c1-13-8-9-14(12-13)20(5,6)18-16(22-7)11-10-15(21)17(18)19(2,3)4/h8-12,14H,1-7H3. The van der Waals surface area contributed by atoms with E-state index in [-0.39, 0.29) is 10.8 Å². The molecule has 22 heavy (non-hydrogen) atoms. The lowest BCUT2D eigenvalue weighted by Gasteiger charge is -2.37. The second kappa shape index (κ2) is 5.77. The SMILES string of the molecule is COc1ccc(Cl)c(C(C)(C)C)c1C(C)(C)C1C=CC(C)=C1. The van der Waals surface area contributed by atoms with Gasteiger partial charge in [-0.25, -0.2) is 0 Å². The zero-order chi connectivity index (χ0) is 16.7. The fourth-order valence-electron chi connectivity index (χ4n) is 3.37. The summed E-state index contributed by atoms with van der Waals surface area (Å²) in [5, 5.41) is 0.819. The molecule has 1 aromatic carbocycles. The van der Waals surface area contributed by atoms with Gasteiger partial charge in [0, 0.05) is 21.9 Å². The van der Waals surface area contributed by atoms with Gasteiger partial charge in [0.15, 0.2) is 0 Å². The fourth-order valence-corrected chi connectivity index (χ4v) is 3.81. The molecule has 0 aromatic heterocycles. The van der Waals surface area contributed by atoms with Gasteiger partial charge >= 0.3 is 0 Å². The lowest BCUT2D eigenvalue weighted by molar-refractivity contribution is 0.368. The van der Waals surface area contributed by atoms with Crippen LogP contribution in [0.15, 0.2) is 35.9 Å². The van der Waals surface area contributed by atoms with Crippen LogP contribution in [-0.2, 0) is 10.8 Å². The minimum Gasteiger partial charge on any atom is -0.496 e. The first-order valence-electron chi connectivity index (χ1n) is 7.83. The predicted octanol–water partition coefficient (Wildman–Crippen LogP) is 6.06. The van der Waals surface area contributed by atoms with Crippen LogP contribution in [0, 0.1) is 5.92 Å². The highest BCUT2D eigenvalue weighted by Crippen LogP contribution is 2.48. The molecule has 2 heteroatoms. The van der Waals surface area contributed by atoms with Gasteiger partial charge in [-0.1, -0.05) is 70.0 Å². The molecule has 1 unspecified atom stereocenters. The second-order valence-electron chi connectivity index (χ2n) is 7.77. The lowest BCUT2D eigenvalue weighted by atomic mass is 9.68. The minimum absolute atomic E-state index is 0.0424. The van der Waals surface area contributed by atoms with Gasteiger partial charge in [0.1, 0.15) is 5.75 Å². The van der Waals surface area contributed by atoms with Gasteiger partial charge in [-0.15, -0.1) is 0 Å². The monoisotopic (exact) mass is 318 g/mol. The Hall–Kier alpha value is -1.21. The van der Waals surface area contributed by atoms with Crippen molar-refractivity contribution in [2.24, 2.45) is 5.92 Å². The van der Waals surface area contributed by atoms with E-state index in [9.17, 15) is 0 Å². The van der Waals surface area contributed by atoms with Crippen molar-refractivity contribution in [1.82, 2.24) is 0 Å². The van der Waals surface area contributed by atoms with Gasteiger partial charge in [0.05, 0.1) is 7.11 Å². The molecule has 1 nitrogen and oxygen atoms in total. The van der Waals surface area contributed by atoms with Crippen molar-refractivity contribution < 1.29 is 4.74 Å². The Balaban J connectivity index is 2.72. The minimum atomic E-state index is -0.0902. The summed E-state index contributed by atoms with van der Waals surface area (Å²) < 4.78 is 5.71. The Morgan fingerprint density at radius 1 is 1.05 bits per heavy atom. The predicted molar refractivity (Wildman–Crippen MR) is 96.1 cm³/mol. The normalized spacial score (nSPS) is 18.5. The zero-order valence-electron chi connectivity index (χ0n) is 14.8. The van der Waals surface area contributed by atoms with E-state index in [0.717, 1.165) is 10.8 Å². The summed E-state index contributed by atoms with van der Waals surface area (Å²) in [4.78, 5) is 0. The van der Waals surface area contributed by atoms with Crippen LogP contribution in [-0.4, -0.2) is 7.11 Å².